The highest BCUT2D eigenvalue weighted by atomic mass is 16.4. The highest BCUT2D eigenvalue weighted by Crippen LogP contribution is 2.05. The molecular weight excluding hydrogens is 242 g/mol. The Balaban J connectivity index is 1.88. The Morgan fingerprint density at radius 1 is 1.37 bits per heavy atom. The second-order valence-corrected chi connectivity index (χ2v) is 4.31. The van der Waals surface area contributed by atoms with Crippen molar-refractivity contribution in [3.8, 4) is 0 Å². The van der Waals surface area contributed by atoms with Crippen LogP contribution in [0.1, 0.15) is 28.4 Å². The van der Waals surface area contributed by atoms with E-state index in [-0.39, 0.29) is 0 Å². The number of aromatic carboxylic acids is 1. The second kappa shape index (κ2) is 6.15. The van der Waals surface area contributed by atoms with Crippen LogP contribution in [0.3, 0.4) is 0 Å². The Hall–Kier alpha value is -2.14. The summed E-state index contributed by atoms with van der Waals surface area (Å²) in [6.07, 6.45) is 3.84. The molecule has 0 radical (unpaired) electrons. The first-order valence-corrected chi connectivity index (χ1v) is 6.23. The van der Waals surface area contributed by atoms with Crippen LogP contribution in [0.15, 0.2) is 36.7 Å². The van der Waals surface area contributed by atoms with Gasteiger partial charge in [-0.25, -0.2) is 4.79 Å². The first kappa shape index (κ1) is 13.3. The molecule has 5 nitrogen and oxygen atoms in total. The van der Waals surface area contributed by atoms with Gasteiger partial charge in [0, 0.05) is 31.4 Å². The third-order valence-corrected chi connectivity index (χ3v) is 2.84. The Morgan fingerprint density at radius 2 is 2.16 bits per heavy atom. The van der Waals surface area contributed by atoms with Crippen molar-refractivity contribution in [3.05, 3.63) is 53.3 Å². The molecule has 0 aliphatic heterocycles. The van der Waals surface area contributed by atoms with Crippen LogP contribution >= 0.6 is 0 Å². The van der Waals surface area contributed by atoms with Crippen LogP contribution < -0.4 is 5.32 Å². The van der Waals surface area contributed by atoms with E-state index < -0.39 is 5.97 Å². The molecule has 0 atom stereocenters. The monoisotopic (exact) mass is 259 g/mol. The number of hydrogen-bond acceptors (Lipinski definition) is 3. The lowest BCUT2D eigenvalue weighted by Crippen LogP contribution is -2.12. The van der Waals surface area contributed by atoms with Gasteiger partial charge in [-0.05, 0) is 24.6 Å². The maximum absolute atomic E-state index is 10.9. The quantitative estimate of drug-likeness (QED) is 0.831. The van der Waals surface area contributed by atoms with E-state index in [1.54, 1.807) is 18.2 Å². The number of nitrogens with one attached hydrogen (secondary N) is 1. The van der Waals surface area contributed by atoms with Gasteiger partial charge in [-0.2, -0.15) is 5.10 Å². The van der Waals surface area contributed by atoms with Gasteiger partial charge in [0.1, 0.15) is 0 Å². The molecule has 19 heavy (non-hydrogen) atoms. The van der Waals surface area contributed by atoms with E-state index in [0.717, 1.165) is 24.2 Å². The van der Waals surface area contributed by atoms with Gasteiger partial charge < -0.3 is 10.4 Å². The molecule has 0 amide bonds. The summed E-state index contributed by atoms with van der Waals surface area (Å²) >= 11 is 0. The van der Waals surface area contributed by atoms with Crippen molar-refractivity contribution < 1.29 is 9.90 Å². The van der Waals surface area contributed by atoms with Gasteiger partial charge in [0.05, 0.1) is 11.8 Å². The molecule has 5 heteroatoms. The predicted molar refractivity (Wildman–Crippen MR) is 71.8 cm³/mol. The molecular formula is C14H17N3O2. The number of benzene rings is 1. The minimum atomic E-state index is -0.897. The summed E-state index contributed by atoms with van der Waals surface area (Å²) in [6.45, 7) is 4.26. The smallest absolute Gasteiger partial charge is 0.335 e. The number of hydrogen-bond donors (Lipinski definition) is 2. The zero-order valence-electron chi connectivity index (χ0n) is 10.8. The lowest BCUT2D eigenvalue weighted by atomic mass is 10.1. The molecule has 1 aromatic heterocycles. The van der Waals surface area contributed by atoms with Crippen molar-refractivity contribution >= 4 is 5.97 Å². The zero-order valence-corrected chi connectivity index (χ0v) is 10.8. The Kier molecular flexibility index (Phi) is 4.30. The van der Waals surface area contributed by atoms with E-state index in [9.17, 15) is 4.79 Å². The standard InChI is InChI=1S/C14H17N3O2/c1-2-17-10-12(9-16-17)8-15-7-11-4-3-5-13(6-11)14(18)19/h3-6,9-10,15H,2,7-8H2,1H3,(H,18,19). The number of carboxylic acid groups (broad SMARTS) is 1. The van der Waals surface area contributed by atoms with E-state index in [4.69, 9.17) is 5.11 Å². The van der Waals surface area contributed by atoms with Crippen molar-refractivity contribution in [2.24, 2.45) is 0 Å². The summed E-state index contributed by atoms with van der Waals surface area (Å²) in [7, 11) is 0. The van der Waals surface area contributed by atoms with E-state index in [1.165, 1.54) is 0 Å². The molecule has 2 aromatic rings. The van der Waals surface area contributed by atoms with Crippen LogP contribution in [0.2, 0.25) is 0 Å². The van der Waals surface area contributed by atoms with Crippen LogP contribution in [0, 0.1) is 0 Å². The average molecular weight is 259 g/mol. The first-order chi connectivity index (χ1) is 9.19. The Morgan fingerprint density at radius 3 is 2.84 bits per heavy atom. The number of carbonyl (C=O) groups is 1. The highest BCUT2D eigenvalue weighted by Gasteiger charge is 2.03. The third-order valence-electron chi connectivity index (χ3n) is 2.84. The van der Waals surface area contributed by atoms with Crippen LogP contribution in [0.25, 0.3) is 0 Å². The highest BCUT2D eigenvalue weighted by molar-refractivity contribution is 5.87. The summed E-state index contributed by atoms with van der Waals surface area (Å²) in [4.78, 5) is 10.9. The molecule has 2 N–H and O–H groups in total. The molecule has 0 aliphatic rings. The second-order valence-electron chi connectivity index (χ2n) is 4.31. The van der Waals surface area contributed by atoms with E-state index in [1.807, 2.05) is 30.1 Å². The van der Waals surface area contributed by atoms with Gasteiger partial charge in [-0.15, -0.1) is 0 Å². The lowest BCUT2D eigenvalue weighted by Gasteiger charge is -2.04. The fourth-order valence-corrected chi connectivity index (χ4v) is 1.84. The third kappa shape index (κ3) is 3.66. The maximum atomic E-state index is 10.9. The number of carboxylic acids is 1. The maximum Gasteiger partial charge on any atom is 0.335 e. The number of rotatable bonds is 6. The molecule has 100 valence electrons. The van der Waals surface area contributed by atoms with Crippen molar-refractivity contribution in [1.82, 2.24) is 15.1 Å². The fourth-order valence-electron chi connectivity index (χ4n) is 1.84. The summed E-state index contributed by atoms with van der Waals surface area (Å²) < 4.78 is 1.88. The van der Waals surface area contributed by atoms with Gasteiger partial charge in [0.15, 0.2) is 0 Å². The molecule has 0 aliphatic carbocycles. The van der Waals surface area contributed by atoms with E-state index in [0.29, 0.717) is 12.1 Å². The van der Waals surface area contributed by atoms with Gasteiger partial charge in [-0.3, -0.25) is 4.68 Å². The van der Waals surface area contributed by atoms with E-state index in [2.05, 4.69) is 10.4 Å². The molecule has 0 bridgehead atoms. The first-order valence-electron chi connectivity index (χ1n) is 6.23. The van der Waals surface area contributed by atoms with Gasteiger partial charge in [0.2, 0.25) is 0 Å². The minimum Gasteiger partial charge on any atom is -0.478 e. The number of aromatic nitrogens is 2. The lowest BCUT2D eigenvalue weighted by molar-refractivity contribution is 0.0696. The molecule has 0 fully saturated rings. The molecule has 0 spiro atoms. The average Bonchev–Trinajstić information content (AvgIpc) is 2.87. The minimum absolute atomic E-state index is 0.318. The van der Waals surface area contributed by atoms with Crippen molar-refractivity contribution in [2.45, 2.75) is 26.6 Å². The van der Waals surface area contributed by atoms with Gasteiger partial charge in [0.25, 0.3) is 0 Å². The largest absolute Gasteiger partial charge is 0.478 e. The molecule has 1 heterocycles. The van der Waals surface area contributed by atoms with Crippen molar-refractivity contribution in [3.63, 3.8) is 0 Å². The van der Waals surface area contributed by atoms with Crippen molar-refractivity contribution in [2.75, 3.05) is 0 Å². The van der Waals surface area contributed by atoms with Crippen LogP contribution in [0.5, 0.6) is 0 Å². The summed E-state index contributed by atoms with van der Waals surface area (Å²) in [5.74, 6) is -0.897. The number of nitrogens with zero attached hydrogens (tertiary/aromatic N) is 2. The van der Waals surface area contributed by atoms with Gasteiger partial charge in [-0.1, -0.05) is 12.1 Å². The van der Waals surface area contributed by atoms with E-state index >= 15 is 0 Å². The molecule has 0 saturated heterocycles. The Labute approximate surface area is 111 Å². The van der Waals surface area contributed by atoms with Crippen LogP contribution in [-0.2, 0) is 19.6 Å². The summed E-state index contributed by atoms with van der Waals surface area (Å²) in [5, 5.41) is 16.4. The topological polar surface area (TPSA) is 67.2 Å². The summed E-state index contributed by atoms with van der Waals surface area (Å²) in [6, 6.07) is 6.95. The number of aryl methyl sites for hydroxylation is 1. The molecule has 0 saturated carbocycles. The van der Waals surface area contributed by atoms with Crippen LogP contribution in [-0.4, -0.2) is 20.9 Å². The molecule has 2 rings (SSSR count). The fraction of sp³-hybridized carbons (Fsp3) is 0.286. The summed E-state index contributed by atoms with van der Waals surface area (Å²) in [5.41, 5.74) is 2.40. The Bertz CT molecular complexity index is 563. The normalized spacial score (nSPS) is 10.6. The zero-order chi connectivity index (χ0) is 13.7. The SMILES string of the molecule is CCn1cc(CNCc2cccc(C(=O)O)c2)cn1. The van der Waals surface area contributed by atoms with Crippen molar-refractivity contribution in [1.29, 1.82) is 0 Å². The van der Waals surface area contributed by atoms with Gasteiger partial charge >= 0.3 is 5.97 Å². The van der Waals surface area contributed by atoms with Crippen LogP contribution in [0.4, 0.5) is 0 Å². The predicted octanol–water partition coefficient (Wildman–Crippen LogP) is 1.89. The molecule has 0 unspecified atom stereocenters. The molecule has 1 aromatic carbocycles.